The molecule has 7 heteroatoms. The Morgan fingerprint density at radius 3 is 2.47 bits per heavy atom. The first-order valence-corrected chi connectivity index (χ1v) is 5.94. The largest absolute Gasteiger partial charge is 0.340 e. The van der Waals surface area contributed by atoms with Gasteiger partial charge in [-0.25, -0.2) is 0 Å². The highest BCUT2D eigenvalue weighted by Gasteiger charge is 2.21. The van der Waals surface area contributed by atoms with Crippen LogP contribution < -0.4 is 5.73 Å². The first-order chi connectivity index (χ1) is 8.97. The third kappa shape index (κ3) is 3.00. The van der Waals surface area contributed by atoms with E-state index >= 15 is 0 Å². The summed E-state index contributed by atoms with van der Waals surface area (Å²) in [7, 11) is 5.36. The Morgan fingerprint density at radius 2 is 1.95 bits per heavy atom. The summed E-state index contributed by atoms with van der Waals surface area (Å²) in [5, 5.41) is 8.09. The van der Waals surface area contributed by atoms with E-state index in [2.05, 4.69) is 10.2 Å². The average molecular weight is 262 g/mol. The van der Waals surface area contributed by atoms with Gasteiger partial charge in [-0.15, -0.1) is 0 Å². The summed E-state index contributed by atoms with van der Waals surface area (Å²) in [6, 6.07) is -0.685. The molecule has 0 aliphatic carbocycles. The summed E-state index contributed by atoms with van der Waals surface area (Å²) >= 11 is 0. The van der Waals surface area contributed by atoms with Crippen molar-refractivity contribution in [3.8, 4) is 0 Å². The van der Waals surface area contributed by atoms with Crippen LogP contribution >= 0.6 is 0 Å². The van der Waals surface area contributed by atoms with Gasteiger partial charge in [0.1, 0.15) is 6.04 Å². The second-order valence-electron chi connectivity index (χ2n) is 4.64. The molecule has 0 aliphatic heterocycles. The molecule has 7 nitrogen and oxygen atoms in total. The van der Waals surface area contributed by atoms with Gasteiger partial charge >= 0.3 is 0 Å². The van der Waals surface area contributed by atoms with Crippen LogP contribution in [0.1, 0.15) is 17.2 Å². The quantitative estimate of drug-likeness (QED) is 0.828. The molecule has 1 atom stereocenters. The molecule has 0 bridgehead atoms. The molecule has 0 aromatic carbocycles. The molecule has 0 saturated heterocycles. The average Bonchev–Trinajstić information content (AvgIpc) is 2.96. The third-order valence-corrected chi connectivity index (χ3v) is 2.90. The molecule has 2 rings (SSSR count). The van der Waals surface area contributed by atoms with Gasteiger partial charge in [0, 0.05) is 51.2 Å². The van der Waals surface area contributed by atoms with Crippen LogP contribution in [-0.4, -0.2) is 37.4 Å². The highest BCUT2D eigenvalue weighted by atomic mass is 16.2. The van der Waals surface area contributed by atoms with Crippen molar-refractivity contribution >= 4 is 5.91 Å². The Bertz CT molecular complexity index is 572. The molecule has 19 heavy (non-hydrogen) atoms. The fourth-order valence-electron chi connectivity index (χ4n) is 1.89. The minimum Gasteiger partial charge on any atom is -0.340 e. The van der Waals surface area contributed by atoms with E-state index < -0.39 is 6.04 Å². The van der Waals surface area contributed by atoms with Crippen molar-refractivity contribution in [1.29, 1.82) is 0 Å². The van der Waals surface area contributed by atoms with Gasteiger partial charge in [0.05, 0.1) is 12.4 Å². The zero-order valence-corrected chi connectivity index (χ0v) is 11.3. The predicted octanol–water partition coefficient (Wildman–Crippen LogP) is -0.188. The van der Waals surface area contributed by atoms with Gasteiger partial charge in [0.2, 0.25) is 5.91 Å². The van der Waals surface area contributed by atoms with E-state index in [0.717, 1.165) is 5.56 Å². The Morgan fingerprint density at radius 1 is 1.32 bits per heavy atom. The monoisotopic (exact) mass is 262 g/mol. The molecule has 2 aromatic rings. The molecule has 2 aromatic heterocycles. The number of carbonyl (C=O) groups is 1. The summed E-state index contributed by atoms with van der Waals surface area (Å²) in [5.41, 5.74) is 7.63. The maximum absolute atomic E-state index is 12.2. The minimum absolute atomic E-state index is 0.142. The van der Waals surface area contributed by atoms with Crippen LogP contribution in [0.3, 0.4) is 0 Å². The molecule has 0 aliphatic rings. The molecule has 102 valence electrons. The molecule has 1 unspecified atom stereocenters. The van der Waals surface area contributed by atoms with Crippen molar-refractivity contribution in [2.24, 2.45) is 19.8 Å². The first-order valence-electron chi connectivity index (χ1n) is 5.94. The fourth-order valence-corrected chi connectivity index (χ4v) is 1.89. The Labute approximate surface area is 111 Å². The molecule has 0 radical (unpaired) electrons. The van der Waals surface area contributed by atoms with Gasteiger partial charge in [0.25, 0.3) is 0 Å². The summed E-state index contributed by atoms with van der Waals surface area (Å²) < 4.78 is 3.33. The zero-order chi connectivity index (χ0) is 14.0. The number of likely N-dealkylation sites (N-methyl/N-ethyl adjacent to an activating group) is 1. The van der Waals surface area contributed by atoms with E-state index in [1.54, 1.807) is 46.9 Å². The zero-order valence-electron chi connectivity index (χ0n) is 11.3. The number of aromatic nitrogens is 4. The highest BCUT2D eigenvalue weighted by Crippen LogP contribution is 2.13. The van der Waals surface area contributed by atoms with Crippen molar-refractivity contribution in [2.75, 3.05) is 7.05 Å². The first kappa shape index (κ1) is 13.3. The number of aryl methyl sites for hydroxylation is 2. The van der Waals surface area contributed by atoms with Crippen LogP contribution in [0.2, 0.25) is 0 Å². The maximum atomic E-state index is 12.2. The molecular weight excluding hydrogens is 244 g/mol. The normalized spacial score (nSPS) is 12.4. The van der Waals surface area contributed by atoms with Crippen LogP contribution in [0.5, 0.6) is 0 Å². The van der Waals surface area contributed by atoms with Gasteiger partial charge in [-0.1, -0.05) is 0 Å². The fraction of sp³-hybridized carbons (Fsp3) is 0.417. The number of rotatable bonds is 4. The SMILES string of the molecule is CN(Cc1cnn(C)c1)C(=O)C(N)c1cnn(C)c1. The summed E-state index contributed by atoms with van der Waals surface area (Å²) in [6.45, 7) is 0.487. The van der Waals surface area contributed by atoms with Crippen molar-refractivity contribution in [1.82, 2.24) is 24.5 Å². The minimum atomic E-state index is -0.685. The van der Waals surface area contributed by atoms with Crippen LogP contribution in [-0.2, 0) is 25.4 Å². The van der Waals surface area contributed by atoms with E-state index in [4.69, 9.17) is 5.73 Å². The van der Waals surface area contributed by atoms with Gasteiger partial charge in [-0.3, -0.25) is 14.2 Å². The molecule has 0 fully saturated rings. The van der Waals surface area contributed by atoms with Crippen molar-refractivity contribution in [3.63, 3.8) is 0 Å². The molecule has 0 saturated carbocycles. The van der Waals surface area contributed by atoms with Gasteiger partial charge in [-0.05, 0) is 0 Å². The number of carbonyl (C=O) groups excluding carboxylic acids is 1. The van der Waals surface area contributed by atoms with Crippen LogP contribution in [0.15, 0.2) is 24.8 Å². The summed E-state index contributed by atoms with van der Waals surface area (Å²) in [5.74, 6) is -0.142. The van der Waals surface area contributed by atoms with Crippen LogP contribution in [0.4, 0.5) is 0 Å². The number of hydrogen-bond donors (Lipinski definition) is 1. The molecule has 0 spiro atoms. The summed E-state index contributed by atoms with van der Waals surface area (Å²) in [6.07, 6.45) is 6.97. The van der Waals surface area contributed by atoms with Crippen LogP contribution in [0, 0.1) is 0 Å². The lowest BCUT2D eigenvalue weighted by atomic mass is 10.1. The topological polar surface area (TPSA) is 82.0 Å². The molecule has 2 N–H and O–H groups in total. The third-order valence-electron chi connectivity index (χ3n) is 2.90. The van der Waals surface area contributed by atoms with Gasteiger partial charge < -0.3 is 10.6 Å². The summed E-state index contributed by atoms with van der Waals surface area (Å²) in [4.78, 5) is 13.8. The van der Waals surface area contributed by atoms with Gasteiger partial charge in [-0.2, -0.15) is 10.2 Å². The van der Waals surface area contributed by atoms with Crippen molar-refractivity contribution in [3.05, 3.63) is 35.9 Å². The van der Waals surface area contributed by atoms with Gasteiger partial charge in [0.15, 0.2) is 0 Å². The lowest BCUT2D eigenvalue weighted by Gasteiger charge is -2.20. The lowest BCUT2D eigenvalue weighted by molar-refractivity contribution is -0.131. The van der Waals surface area contributed by atoms with E-state index in [1.807, 2.05) is 13.2 Å². The molecular formula is C12H18N6O. The number of hydrogen-bond acceptors (Lipinski definition) is 4. The lowest BCUT2D eigenvalue weighted by Crippen LogP contribution is -2.35. The number of amides is 1. The Hall–Kier alpha value is -2.15. The van der Waals surface area contributed by atoms with Crippen LogP contribution in [0.25, 0.3) is 0 Å². The van der Waals surface area contributed by atoms with E-state index in [-0.39, 0.29) is 5.91 Å². The number of nitrogens with zero attached hydrogens (tertiary/aromatic N) is 5. The second kappa shape index (κ2) is 5.23. The van der Waals surface area contributed by atoms with Crippen molar-refractivity contribution < 1.29 is 4.79 Å². The smallest absolute Gasteiger partial charge is 0.244 e. The van der Waals surface area contributed by atoms with E-state index in [1.165, 1.54) is 0 Å². The maximum Gasteiger partial charge on any atom is 0.244 e. The second-order valence-corrected chi connectivity index (χ2v) is 4.64. The Kier molecular flexibility index (Phi) is 3.66. The van der Waals surface area contributed by atoms with Crippen molar-refractivity contribution in [2.45, 2.75) is 12.6 Å². The highest BCUT2D eigenvalue weighted by molar-refractivity contribution is 5.82. The molecule has 1 amide bonds. The molecule has 2 heterocycles. The standard InChI is InChI=1S/C12H18N6O/c1-16(6-9-4-14-17(2)7-9)12(19)11(13)10-5-15-18(3)8-10/h4-5,7-8,11H,6,13H2,1-3H3. The Balaban J connectivity index is 2.02. The predicted molar refractivity (Wildman–Crippen MR) is 69.8 cm³/mol. The number of nitrogens with two attached hydrogens (primary N) is 1. The van der Waals surface area contributed by atoms with E-state index in [0.29, 0.717) is 12.1 Å². The van der Waals surface area contributed by atoms with E-state index in [9.17, 15) is 4.79 Å².